The lowest BCUT2D eigenvalue weighted by molar-refractivity contribution is -0.183. The summed E-state index contributed by atoms with van der Waals surface area (Å²) in [6.07, 6.45) is -0.187. The molecule has 2 nitrogen and oxygen atoms in total. The molecule has 68 valence electrons. The maximum atomic E-state index is 12.5. The number of halogens is 1. The highest BCUT2D eigenvalue weighted by molar-refractivity contribution is 5.78. The minimum Gasteiger partial charge on any atom is -0.456 e. The predicted octanol–water partition coefficient (Wildman–Crippen LogP) is 2.06. The second-order valence-corrected chi connectivity index (χ2v) is 3.20. The normalized spacial score (nSPS) is 26.5. The molecule has 0 amide bonds. The first-order valence-electron chi connectivity index (χ1n) is 4.14. The zero-order valence-electron chi connectivity index (χ0n) is 7.16. The van der Waals surface area contributed by atoms with Crippen LogP contribution in [0.1, 0.15) is 18.6 Å². The highest BCUT2D eigenvalue weighted by Gasteiger charge is 2.39. The minimum atomic E-state index is -0.276. The van der Waals surface area contributed by atoms with Crippen molar-refractivity contribution in [3.8, 4) is 0 Å². The Hall–Kier alpha value is -1.38. The molecule has 0 saturated carbocycles. The summed E-state index contributed by atoms with van der Waals surface area (Å²) in [6.45, 7) is 1.81. The Balaban J connectivity index is 2.18. The molecule has 0 aromatic heterocycles. The molecule has 1 heterocycles. The standard InChI is InChI=1S/C10H9FO2/c1-6-9(13-10(6)12)7-2-4-8(11)5-3-7/h2-6,9H,1H3/t6-,9-/m0/s1. The lowest BCUT2D eigenvalue weighted by atomic mass is 9.93. The van der Waals surface area contributed by atoms with Crippen LogP contribution in [-0.4, -0.2) is 5.97 Å². The van der Waals surface area contributed by atoms with Gasteiger partial charge in [-0.25, -0.2) is 4.39 Å². The topological polar surface area (TPSA) is 26.3 Å². The molecule has 0 radical (unpaired) electrons. The number of hydrogen-bond acceptors (Lipinski definition) is 2. The Morgan fingerprint density at radius 2 is 1.92 bits per heavy atom. The van der Waals surface area contributed by atoms with Crippen LogP contribution in [-0.2, 0) is 9.53 Å². The van der Waals surface area contributed by atoms with Gasteiger partial charge in [-0.15, -0.1) is 0 Å². The first-order valence-corrected chi connectivity index (χ1v) is 4.14. The molecule has 1 fully saturated rings. The number of rotatable bonds is 1. The van der Waals surface area contributed by atoms with Gasteiger partial charge in [-0.1, -0.05) is 12.1 Å². The third-order valence-corrected chi connectivity index (χ3v) is 2.27. The molecule has 3 heteroatoms. The van der Waals surface area contributed by atoms with Crippen molar-refractivity contribution in [1.82, 2.24) is 0 Å². The van der Waals surface area contributed by atoms with Crippen LogP contribution in [0, 0.1) is 11.7 Å². The van der Waals surface area contributed by atoms with Crippen LogP contribution in [0.15, 0.2) is 24.3 Å². The van der Waals surface area contributed by atoms with Gasteiger partial charge in [-0.05, 0) is 24.6 Å². The SMILES string of the molecule is C[C@@H]1C(=O)O[C@@H]1c1ccc(F)cc1. The van der Waals surface area contributed by atoms with E-state index in [9.17, 15) is 9.18 Å². The summed E-state index contributed by atoms with van der Waals surface area (Å²) in [4.78, 5) is 10.8. The smallest absolute Gasteiger partial charge is 0.313 e. The third kappa shape index (κ3) is 1.30. The van der Waals surface area contributed by atoms with Gasteiger partial charge >= 0.3 is 5.97 Å². The average Bonchev–Trinajstić information content (AvgIpc) is 2.15. The third-order valence-electron chi connectivity index (χ3n) is 2.27. The number of hydrogen-bond donors (Lipinski definition) is 0. The summed E-state index contributed by atoms with van der Waals surface area (Å²) in [5.41, 5.74) is 0.855. The van der Waals surface area contributed by atoms with Gasteiger partial charge in [-0.3, -0.25) is 4.79 Å². The molecular weight excluding hydrogens is 171 g/mol. The van der Waals surface area contributed by atoms with Crippen LogP contribution in [0.4, 0.5) is 4.39 Å². The second-order valence-electron chi connectivity index (χ2n) is 3.20. The molecule has 0 aliphatic carbocycles. The Kier molecular flexibility index (Phi) is 1.79. The molecule has 0 bridgehead atoms. The number of cyclic esters (lactones) is 1. The molecule has 1 aliphatic rings. The second kappa shape index (κ2) is 2.83. The molecule has 1 aliphatic heterocycles. The molecule has 2 rings (SSSR count). The monoisotopic (exact) mass is 180 g/mol. The van der Waals surface area contributed by atoms with Gasteiger partial charge in [0.15, 0.2) is 0 Å². The maximum Gasteiger partial charge on any atom is 0.313 e. The fourth-order valence-corrected chi connectivity index (χ4v) is 1.39. The van der Waals surface area contributed by atoms with Gasteiger partial charge < -0.3 is 4.74 Å². The van der Waals surface area contributed by atoms with Gasteiger partial charge in [0.05, 0.1) is 5.92 Å². The van der Waals surface area contributed by atoms with Gasteiger partial charge in [0.25, 0.3) is 0 Å². The van der Waals surface area contributed by atoms with Crippen molar-refractivity contribution in [2.45, 2.75) is 13.0 Å². The van der Waals surface area contributed by atoms with Gasteiger partial charge in [0, 0.05) is 0 Å². The van der Waals surface area contributed by atoms with E-state index in [-0.39, 0.29) is 23.8 Å². The molecule has 0 spiro atoms. The fourth-order valence-electron chi connectivity index (χ4n) is 1.39. The summed E-state index contributed by atoms with van der Waals surface area (Å²) in [6, 6.07) is 6.02. The van der Waals surface area contributed by atoms with Crippen LogP contribution in [0.2, 0.25) is 0 Å². The highest BCUT2D eigenvalue weighted by atomic mass is 19.1. The molecule has 0 N–H and O–H groups in total. The summed E-state index contributed by atoms with van der Waals surface area (Å²) >= 11 is 0. The van der Waals surface area contributed by atoms with E-state index in [1.807, 2.05) is 0 Å². The molecule has 1 saturated heterocycles. The molecular formula is C10H9FO2. The van der Waals surface area contributed by atoms with Crippen LogP contribution in [0.25, 0.3) is 0 Å². The van der Waals surface area contributed by atoms with Crippen molar-refractivity contribution in [1.29, 1.82) is 0 Å². The zero-order chi connectivity index (χ0) is 9.42. The van der Waals surface area contributed by atoms with Gasteiger partial charge in [0.1, 0.15) is 11.9 Å². The van der Waals surface area contributed by atoms with Crippen LogP contribution in [0.3, 0.4) is 0 Å². The largest absolute Gasteiger partial charge is 0.456 e. The van der Waals surface area contributed by atoms with Gasteiger partial charge in [0.2, 0.25) is 0 Å². The first kappa shape index (κ1) is 8.23. The predicted molar refractivity (Wildman–Crippen MR) is 44.4 cm³/mol. The van der Waals surface area contributed by atoms with E-state index < -0.39 is 0 Å². The lowest BCUT2D eigenvalue weighted by Gasteiger charge is -2.32. The fraction of sp³-hybridized carbons (Fsp3) is 0.300. The minimum absolute atomic E-state index is 0.106. The number of benzene rings is 1. The summed E-state index contributed by atoms with van der Waals surface area (Å²) < 4.78 is 17.5. The summed E-state index contributed by atoms with van der Waals surface area (Å²) in [5.74, 6) is -0.568. The Labute approximate surface area is 75.3 Å². The molecule has 2 atom stereocenters. The Bertz CT molecular complexity index is 331. The number of carbonyl (C=O) groups excluding carboxylic acids is 1. The summed E-state index contributed by atoms with van der Waals surface area (Å²) in [7, 11) is 0. The lowest BCUT2D eigenvalue weighted by Crippen LogP contribution is -2.36. The zero-order valence-corrected chi connectivity index (χ0v) is 7.16. The van der Waals surface area contributed by atoms with E-state index >= 15 is 0 Å². The van der Waals surface area contributed by atoms with Crippen molar-refractivity contribution in [3.63, 3.8) is 0 Å². The van der Waals surface area contributed by atoms with Crippen LogP contribution in [0.5, 0.6) is 0 Å². The van der Waals surface area contributed by atoms with Crippen molar-refractivity contribution in [2.75, 3.05) is 0 Å². The van der Waals surface area contributed by atoms with Crippen molar-refractivity contribution < 1.29 is 13.9 Å². The Morgan fingerprint density at radius 1 is 1.31 bits per heavy atom. The van der Waals surface area contributed by atoms with Gasteiger partial charge in [-0.2, -0.15) is 0 Å². The van der Waals surface area contributed by atoms with E-state index in [2.05, 4.69) is 0 Å². The number of ether oxygens (including phenoxy) is 1. The number of carbonyl (C=O) groups is 1. The van der Waals surface area contributed by atoms with Crippen molar-refractivity contribution in [3.05, 3.63) is 35.6 Å². The van der Waals surface area contributed by atoms with Crippen molar-refractivity contribution in [2.24, 2.45) is 5.92 Å². The van der Waals surface area contributed by atoms with Crippen molar-refractivity contribution >= 4 is 5.97 Å². The van der Waals surface area contributed by atoms with E-state index in [4.69, 9.17) is 4.74 Å². The molecule has 0 unspecified atom stereocenters. The maximum absolute atomic E-state index is 12.5. The molecule has 13 heavy (non-hydrogen) atoms. The van der Waals surface area contributed by atoms with Crippen LogP contribution < -0.4 is 0 Å². The first-order chi connectivity index (χ1) is 6.18. The van der Waals surface area contributed by atoms with E-state index in [1.165, 1.54) is 12.1 Å². The quantitative estimate of drug-likeness (QED) is 0.618. The highest BCUT2D eigenvalue weighted by Crippen LogP contribution is 2.35. The van der Waals surface area contributed by atoms with Crippen LogP contribution >= 0.6 is 0 Å². The molecule has 1 aromatic rings. The van der Waals surface area contributed by atoms with E-state index in [0.29, 0.717) is 0 Å². The van der Waals surface area contributed by atoms with E-state index in [1.54, 1.807) is 19.1 Å². The van der Waals surface area contributed by atoms with E-state index in [0.717, 1.165) is 5.56 Å². The Morgan fingerprint density at radius 3 is 2.38 bits per heavy atom. The number of esters is 1. The average molecular weight is 180 g/mol. The molecule has 1 aromatic carbocycles. The summed E-state index contributed by atoms with van der Waals surface area (Å²) in [5, 5.41) is 0.